The summed E-state index contributed by atoms with van der Waals surface area (Å²) in [7, 11) is 0. The van der Waals surface area contributed by atoms with E-state index in [4.69, 9.17) is 0 Å². The van der Waals surface area contributed by atoms with Crippen LogP contribution in [0.25, 0.3) is 0 Å². The Morgan fingerprint density at radius 1 is 0.650 bits per heavy atom. The first-order valence-electron chi connectivity index (χ1n) is 8.56. The lowest BCUT2D eigenvalue weighted by Gasteiger charge is -2.05. The molecule has 0 aromatic carbocycles. The molecule has 4 heteroatoms. The van der Waals surface area contributed by atoms with Crippen LogP contribution in [0.1, 0.15) is 84.0 Å². The van der Waals surface area contributed by atoms with Crippen LogP contribution in [0.3, 0.4) is 0 Å². The average Bonchev–Trinajstić information content (AvgIpc) is 2.50. The molecular formula is C16H39N3S. The van der Waals surface area contributed by atoms with E-state index in [1.54, 1.807) is 0 Å². The van der Waals surface area contributed by atoms with Gasteiger partial charge in [0.2, 0.25) is 0 Å². The van der Waals surface area contributed by atoms with E-state index in [0.717, 1.165) is 5.75 Å². The van der Waals surface area contributed by atoms with Gasteiger partial charge in [0.1, 0.15) is 0 Å². The molecule has 0 saturated carbocycles. The molecule has 0 aliphatic rings. The molecule has 0 atom stereocenters. The molecule has 0 saturated heterocycles. The number of nitrogens with two attached hydrogens (primary N) is 2. The number of hydrazine groups is 1. The molecule has 0 aromatic heterocycles. The maximum Gasteiger partial charge on any atom is -0.00489 e. The Morgan fingerprint density at radius 2 is 1.05 bits per heavy atom. The van der Waals surface area contributed by atoms with Gasteiger partial charge in [-0.25, -0.2) is 0 Å². The quantitative estimate of drug-likeness (QED) is 0.160. The van der Waals surface area contributed by atoms with E-state index < -0.39 is 0 Å². The summed E-state index contributed by atoms with van der Waals surface area (Å²) in [5.41, 5.74) is 0. The summed E-state index contributed by atoms with van der Waals surface area (Å²) in [6, 6.07) is 0. The van der Waals surface area contributed by atoms with Crippen molar-refractivity contribution >= 4 is 12.6 Å². The predicted molar refractivity (Wildman–Crippen MR) is 96.2 cm³/mol. The molecule has 0 aliphatic heterocycles. The molecule has 5 N–H and O–H groups in total. The minimum Gasteiger partial charge on any atom is -0.317 e. The zero-order valence-corrected chi connectivity index (χ0v) is 14.6. The van der Waals surface area contributed by atoms with Crippen molar-refractivity contribution < 1.29 is 0 Å². The van der Waals surface area contributed by atoms with Crippen molar-refractivity contribution in [3.8, 4) is 0 Å². The smallest absolute Gasteiger partial charge is 0.00489 e. The summed E-state index contributed by atoms with van der Waals surface area (Å²) in [6.07, 6.45) is 16.7. The number of unbranched alkanes of at least 4 members (excludes halogenated alkanes) is 10. The van der Waals surface area contributed by atoms with Gasteiger partial charge in [0, 0.05) is 0 Å². The summed E-state index contributed by atoms with van der Waals surface area (Å²) in [5, 5.41) is 3.55. The predicted octanol–water partition coefficient (Wildman–Crippen LogP) is 4.03. The van der Waals surface area contributed by atoms with Crippen LogP contribution in [-0.2, 0) is 0 Å². The van der Waals surface area contributed by atoms with Crippen LogP contribution in [0, 0.1) is 0 Å². The van der Waals surface area contributed by atoms with Crippen molar-refractivity contribution in [2.24, 2.45) is 11.7 Å². The molecule has 3 nitrogen and oxygen atoms in total. The maximum atomic E-state index is 4.22. The topological polar surface area (TPSA) is 64.1 Å². The molecule has 0 bridgehead atoms. The molecule has 0 rings (SSSR count). The Balaban J connectivity index is 0. The van der Waals surface area contributed by atoms with Gasteiger partial charge in [0.25, 0.3) is 0 Å². The van der Waals surface area contributed by atoms with Crippen LogP contribution in [-0.4, -0.2) is 18.8 Å². The molecule has 20 heavy (non-hydrogen) atoms. The van der Waals surface area contributed by atoms with Gasteiger partial charge in [-0.2, -0.15) is 12.6 Å². The second-order valence-corrected chi connectivity index (χ2v) is 5.81. The largest absolute Gasteiger partial charge is 0.317 e. The summed E-state index contributed by atoms with van der Waals surface area (Å²) < 4.78 is 0. The minimum atomic E-state index is 1.05. The summed E-state index contributed by atoms with van der Waals surface area (Å²) in [4.78, 5) is 0. The molecule has 0 aromatic rings. The third-order valence-electron chi connectivity index (χ3n) is 3.47. The van der Waals surface area contributed by atoms with Crippen molar-refractivity contribution in [3.63, 3.8) is 0 Å². The van der Waals surface area contributed by atoms with Crippen LogP contribution >= 0.6 is 12.6 Å². The third-order valence-corrected chi connectivity index (χ3v) is 3.79. The van der Waals surface area contributed by atoms with Gasteiger partial charge in [0.05, 0.1) is 0 Å². The van der Waals surface area contributed by atoms with Crippen molar-refractivity contribution in [1.82, 2.24) is 5.32 Å². The van der Waals surface area contributed by atoms with Crippen LogP contribution in [0.15, 0.2) is 0 Å². The Labute approximate surface area is 133 Å². The second-order valence-electron chi connectivity index (χ2n) is 5.36. The van der Waals surface area contributed by atoms with Gasteiger partial charge in [0.15, 0.2) is 0 Å². The fraction of sp³-hybridized carbons (Fsp3) is 1.00. The highest BCUT2D eigenvalue weighted by Gasteiger charge is 1.92. The van der Waals surface area contributed by atoms with E-state index >= 15 is 0 Å². The molecule has 0 spiro atoms. The zero-order valence-electron chi connectivity index (χ0n) is 13.7. The van der Waals surface area contributed by atoms with E-state index in [9.17, 15) is 0 Å². The highest BCUT2D eigenvalue weighted by atomic mass is 32.1. The van der Waals surface area contributed by atoms with E-state index in [-0.39, 0.29) is 0 Å². The van der Waals surface area contributed by atoms with Crippen molar-refractivity contribution in [1.29, 1.82) is 0 Å². The summed E-state index contributed by atoms with van der Waals surface area (Å²) in [5.74, 6) is 9.05. The SMILES string of the molecule is CCCCCCCCCCNCCCCCCS.NN. The Morgan fingerprint density at radius 3 is 1.50 bits per heavy atom. The molecule has 0 amide bonds. The molecular weight excluding hydrogens is 266 g/mol. The van der Waals surface area contributed by atoms with Crippen LogP contribution < -0.4 is 17.0 Å². The third kappa shape index (κ3) is 23.3. The van der Waals surface area contributed by atoms with Gasteiger partial charge in [-0.1, -0.05) is 64.7 Å². The molecule has 0 radical (unpaired) electrons. The van der Waals surface area contributed by atoms with E-state index in [1.165, 1.54) is 90.1 Å². The monoisotopic (exact) mass is 305 g/mol. The van der Waals surface area contributed by atoms with Crippen LogP contribution in [0.2, 0.25) is 0 Å². The highest BCUT2D eigenvalue weighted by molar-refractivity contribution is 7.80. The lowest BCUT2D eigenvalue weighted by molar-refractivity contribution is 0.543. The van der Waals surface area contributed by atoms with Gasteiger partial charge < -0.3 is 5.32 Å². The van der Waals surface area contributed by atoms with E-state index in [1.807, 2.05) is 0 Å². The van der Waals surface area contributed by atoms with Crippen molar-refractivity contribution in [2.75, 3.05) is 18.8 Å². The summed E-state index contributed by atoms with van der Waals surface area (Å²) >= 11 is 4.22. The number of thiol groups is 1. The number of hydrogen-bond acceptors (Lipinski definition) is 4. The number of nitrogens with one attached hydrogen (secondary N) is 1. The molecule has 124 valence electrons. The first-order chi connectivity index (χ1) is 9.91. The number of hydrogen-bond donors (Lipinski definition) is 4. The van der Waals surface area contributed by atoms with Crippen molar-refractivity contribution in [2.45, 2.75) is 84.0 Å². The normalized spacial score (nSPS) is 10.2. The lowest BCUT2D eigenvalue weighted by Crippen LogP contribution is -2.16. The second kappa shape index (κ2) is 24.3. The number of rotatable bonds is 15. The molecule has 0 heterocycles. The van der Waals surface area contributed by atoms with Gasteiger partial charge in [-0.3, -0.25) is 11.7 Å². The average molecular weight is 306 g/mol. The van der Waals surface area contributed by atoms with Gasteiger partial charge in [-0.05, 0) is 38.1 Å². The van der Waals surface area contributed by atoms with Crippen LogP contribution in [0.4, 0.5) is 0 Å². The van der Waals surface area contributed by atoms with Crippen LogP contribution in [0.5, 0.6) is 0 Å². The fourth-order valence-electron chi connectivity index (χ4n) is 2.22. The zero-order chi connectivity index (χ0) is 15.3. The molecule has 0 unspecified atom stereocenters. The minimum absolute atomic E-state index is 1.05. The van der Waals surface area contributed by atoms with E-state index in [2.05, 4.69) is 36.6 Å². The van der Waals surface area contributed by atoms with Crippen molar-refractivity contribution in [3.05, 3.63) is 0 Å². The highest BCUT2D eigenvalue weighted by Crippen LogP contribution is 2.07. The van der Waals surface area contributed by atoms with Gasteiger partial charge in [-0.15, -0.1) is 0 Å². The standard InChI is InChI=1S/C16H35NS.H4N2/c1-2-3-4-5-6-7-8-11-14-17-15-12-9-10-13-16-18;1-2/h17-18H,2-16H2,1H3;1-2H2. The lowest BCUT2D eigenvalue weighted by atomic mass is 10.1. The molecule has 0 aliphatic carbocycles. The Bertz CT molecular complexity index is 130. The Kier molecular flexibility index (Phi) is 27.3. The first kappa shape index (κ1) is 22.5. The maximum absolute atomic E-state index is 4.22. The van der Waals surface area contributed by atoms with E-state index in [0.29, 0.717) is 0 Å². The molecule has 0 fully saturated rings. The van der Waals surface area contributed by atoms with Gasteiger partial charge >= 0.3 is 0 Å². The fourth-order valence-corrected chi connectivity index (χ4v) is 2.45. The summed E-state index contributed by atoms with van der Waals surface area (Å²) in [6.45, 7) is 4.72. The first-order valence-corrected chi connectivity index (χ1v) is 9.20. The Hall–Kier alpha value is 0.230.